The van der Waals surface area contributed by atoms with Crippen LogP contribution in [0.2, 0.25) is 0 Å². The van der Waals surface area contributed by atoms with Crippen molar-refractivity contribution in [2.24, 2.45) is 0 Å². The number of halogens is 1. The molecule has 2 aromatic heterocycles. The molecule has 0 bridgehead atoms. The van der Waals surface area contributed by atoms with Gasteiger partial charge in [-0.3, -0.25) is 0 Å². The predicted octanol–water partition coefficient (Wildman–Crippen LogP) is 2.45. The van der Waals surface area contributed by atoms with Crippen molar-refractivity contribution in [1.82, 2.24) is 14.6 Å². The third-order valence-corrected chi connectivity index (χ3v) is 2.34. The van der Waals surface area contributed by atoms with Crippen LogP contribution >= 0.6 is 15.9 Å². The molecule has 0 fully saturated rings. The molecule has 2 heterocycles. The fourth-order valence-electron chi connectivity index (χ4n) is 1.37. The largest absolute Gasteiger partial charge is 0.456 e. The van der Waals surface area contributed by atoms with Crippen LogP contribution in [0, 0.1) is 0 Å². The fraction of sp³-hybridized carbons (Fsp3) is 0.364. The number of nitrogens with zero attached hydrogens (tertiary/aromatic N) is 3. The molecule has 2 rings (SSSR count). The van der Waals surface area contributed by atoms with Gasteiger partial charge in [0.15, 0.2) is 5.65 Å². The number of imidazole rings is 1. The van der Waals surface area contributed by atoms with Crippen LogP contribution in [0.25, 0.3) is 5.65 Å². The highest BCUT2D eigenvalue weighted by molar-refractivity contribution is 9.10. The highest BCUT2D eigenvalue weighted by Crippen LogP contribution is 2.18. The van der Waals surface area contributed by atoms with Crippen molar-refractivity contribution in [2.75, 3.05) is 0 Å². The first-order valence-corrected chi connectivity index (χ1v) is 5.89. The van der Waals surface area contributed by atoms with Gasteiger partial charge in [0, 0.05) is 12.4 Å². The Morgan fingerprint density at radius 2 is 2.18 bits per heavy atom. The van der Waals surface area contributed by atoms with Crippen LogP contribution in [0.5, 0.6) is 0 Å². The Morgan fingerprint density at radius 3 is 2.82 bits per heavy atom. The van der Waals surface area contributed by atoms with Crippen molar-refractivity contribution < 1.29 is 9.53 Å². The maximum Gasteiger partial charge on any atom is 0.342 e. The van der Waals surface area contributed by atoms with Crippen molar-refractivity contribution >= 4 is 27.5 Å². The number of fused-ring (bicyclic) bond motifs is 1. The minimum Gasteiger partial charge on any atom is -0.456 e. The molecule has 5 nitrogen and oxygen atoms in total. The summed E-state index contributed by atoms with van der Waals surface area (Å²) in [5, 5.41) is 4.14. The lowest BCUT2D eigenvalue weighted by Gasteiger charge is -2.19. The molecule has 0 aliphatic rings. The van der Waals surface area contributed by atoms with Crippen LogP contribution in [0.15, 0.2) is 23.1 Å². The van der Waals surface area contributed by atoms with Gasteiger partial charge < -0.3 is 4.74 Å². The lowest BCUT2D eigenvalue weighted by Crippen LogP contribution is -2.24. The molecular formula is C11H12BrN3O2. The van der Waals surface area contributed by atoms with Gasteiger partial charge in [-0.1, -0.05) is 0 Å². The molecule has 90 valence electrons. The molecule has 0 saturated heterocycles. The minimum atomic E-state index is -0.531. The third kappa shape index (κ3) is 2.63. The van der Waals surface area contributed by atoms with Gasteiger partial charge in [-0.15, -0.1) is 0 Å². The summed E-state index contributed by atoms with van der Waals surface area (Å²) in [6.45, 7) is 5.47. The monoisotopic (exact) mass is 297 g/mol. The van der Waals surface area contributed by atoms with Gasteiger partial charge in [-0.25, -0.2) is 14.3 Å². The van der Waals surface area contributed by atoms with Crippen LogP contribution in [0.3, 0.4) is 0 Å². The number of aromatic nitrogens is 3. The average Bonchev–Trinajstić information content (AvgIpc) is 2.60. The molecule has 0 aliphatic carbocycles. The van der Waals surface area contributed by atoms with Gasteiger partial charge in [-0.05, 0) is 42.8 Å². The second kappa shape index (κ2) is 4.10. The summed E-state index contributed by atoms with van der Waals surface area (Å²) >= 11 is 3.25. The molecular weight excluding hydrogens is 286 g/mol. The van der Waals surface area contributed by atoms with E-state index in [2.05, 4.69) is 26.0 Å². The number of hydrogen-bond acceptors (Lipinski definition) is 4. The quantitative estimate of drug-likeness (QED) is 0.759. The van der Waals surface area contributed by atoms with Crippen LogP contribution in [-0.4, -0.2) is 26.2 Å². The van der Waals surface area contributed by atoms with E-state index in [1.807, 2.05) is 20.8 Å². The molecule has 0 aliphatic heterocycles. The number of rotatable bonds is 1. The van der Waals surface area contributed by atoms with Crippen LogP contribution < -0.4 is 0 Å². The third-order valence-electron chi connectivity index (χ3n) is 1.95. The van der Waals surface area contributed by atoms with Crippen molar-refractivity contribution in [1.29, 1.82) is 0 Å². The second-order valence-electron chi connectivity index (χ2n) is 4.58. The molecule has 0 N–H and O–H groups in total. The van der Waals surface area contributed by atoms with Crippen LogP contribution in [0.4, 0.5) is 0 Å². The van der Waals surface area contributed by atoms with E-state index in [1.54, 1.807) is 18.5 Å². The molecule has 0 aromatic carbocycles. The first kappa shape index (κ1) is 12.0. The molecule has 0 radical (unpaired) electrons. The Balaban J connectivity index is 2.47. The summed E-state index contributed by atoms with van der Waals surface area (Å²) in [4.78, 5) is 16.1. The summed E-state index contributed by atoms with van der Waals surface area (Å²) in [5.74, 6) is -0.406. The maximum atomic E-state index is 12.0. The predicted molar refractivity (Wildman–Crippen MR) is 65.9 cm³/mol. The summed E-state index contributed by atoms with van der Waals surface area (Å²) in [6.07, 6.45) is 3.26. The molecule has 2 aromatic rings. The number of hydrogen-bond donors (Lipinski definition) is 0. The van der Waals surface area contributed by atoms with Gasteiger partial charge in [0.05, 0.1) is 0 Å². The zero-order valence-corrected chi connectivity index (χ0v) is 11.4. The molecule has 0 atom stereocenters. The van der Waals surface area contributed by atoms with E-state index >= 15 is 0 Å². The Hall–Kier alpha value is -1.43. The summed E-state index contributed by atoms with van der Waals surface area (Å²) in [6, 6.07) is 1.61. The first-order valence-electron chi connectivity index (χ1n) is 5.10. The molecule has 0 amide bonds. The number of ether oxygens (including phenoxy) is 1. The van der Waals surface area contributed by atoms with E-state index in [1.165, 1.54) is 4.52 Å². The van der Waals surface area contributed by atoms with Crippen molar-refractivity contribution in [3.63, 3.8) is 0 Å². The zero-order chi connectivity index (χ0) is 12.6. The Morgan fingerprint density at radius 1 is 1.47 bits per heavy atom. The zero-order valence-electron chi connectivity index (χ0n) is 9.77. The summed E-state index contributed by atoms with van der Waals surface area (Å²) in [7, 11) is 0. The van der Waals surface area contributed by atoms with Crippen molar-refractivity contribution in [3.8, 4) is 0 Å². The summed E-state index contributed by atoms with van der Waals surface area (Å²) in [5.41, 5.74) is 0.352. The van der Waals surface area contributed by atoms with E-state index < -0.39 is 11.6 Å². The lowest BCUT2D eigenvalue weighted by molar-refractivity contribution is 0.00708. The van der Waals surface area contributed by atoms with Gasteiger partial charge >= 0.3 is 5.97 Å². The molecule has 0 saturated carbocycles. The normalized spacial score (nSPS) is 11.8. The van der Waals surface area contributed by atoms with Crippen LogP contribution in [0.1, 0.15) is 31.1 Å². The Bertz CT molecular complexity index is 572. The first-order chi connectivity index (χ1) is 7.87. The van der Waals surface area contributed by atoms with Gasteiger partial charge in [0.1, 0.15) is 15.8 Å². The molecule has 0 unspecified atom stereocenters. The lowest BCUT2D eigenvalue weighted by atomic mass is 10.2. The van der Waals surface area contributed by atoms with E-state index in [-0.39, 0.29) is 0 Å². The number of carbonyl (C=O) groups is 1. The SMILES string of the molecule is CC(C)(C)OC(=O)c1cc(Br)nn2ccnc12. The highest BCUT2D eigenvalue weighted by Gasteiger charge is 2.21. The van der Waals surface area contributed by atoms with Crippen molar-refractivity contribution in [2.45, 2.75) is 26.4 Å². The van der Waals surface area contributed by atoms with Gasteiger partial charge in [-0.2, -0.15) is 5.10 Å². The van der Waals surface area contributed by atoms with Gasteiger partial charge in [0.25, 0.3) is 0 Å². The fourth-order valence-corrected chi connectivity index (χ4v) is 1.77. The van der Waals surface area contributed by atoms with E-state index in [9.17, 15) is 4.79 Å². The maximum absolute atomic E-state index is 12.0. The smallest absolute Gasteiger partial charge is 0.342 e. The molecule has 0 spiro atoms. The van der Waals surface area contributed by atoms with Crippen molar-refractivity contribution in [3.05, 3.63) is 28.6 Å². The number of esters is 1. The standard InChI is InChI=1S/C11H12BrN3O2/c1-11(2,3)17-10(16)7-6-8(12)14-15-5-4-13-9(7)15/h4-6H,1-3H3. The highest BCUT2D eigenvalue weighted by atomic mass is 79.9. The summed E-state index contributed by atoms with van der Waals surface area (Å²) < 4.78 is 7.41. The van der Waals surface area contributed by atoms with E-state index in [0.717, 1.165) is 0 Å². The molecule has 17 heavy (non-hydrogen) atoms. The van der Waals surface area contributed by atoms with Crippen LogP contribution in [-0.2, 0) is 4.74 Å². The Kier molecular flexibility index (Phi) is 2.91. The second-order valence-corrected chi connectivity index (χ2v) is 5.39. The minimum absolute atomic E-state index is 0.395. The Labute approximate surface area is 107 Å². The average molecular weight is 298 g/mol. The molecule has 6 heteroatoms. The van der Waals surface area contributed by atoms with E-state index in [4.69, 9.17) is 4.74 Å². The number of carbonyl (C=O) groups excluding carboxylic acids is 1. The van der Waals surface area contributed by atoms with E-state index in [0.29, 0.717) is 15.8 Å². The van der Waals surface area contributed by atoms with Gasteiger partial charge in [0.2, 0.25) is 0 Å². The topological polar surface area (TPSA) is 56.5 Å².